The molecule has 1 N–H and O–H groups in total. The van der Waals surface area contributed by atoms with Crippen molar-refractivity contribution in [2.75, 3.05) is 7.05 Å². The molecule has 1 aromatic carbocycles. The number of carbonyl (C=O) groups excluding carboxylic acids is 2. The number of halogens is 1. The van der Waals surface area contributed by atoms with Gasteiger partial charge in [-0.05, 0) is 12.1 Å². The summed E-state index contributed by atoms with van der Waals surface area (Å²) < 4.78 is 14.6. The van der Waals surface area contributed by atoms with Gasteiger partial charge in [0.25, 0.3) is 5.91 Å². The Balaban J connectivity index is 2.29. The van der Waals surface area contributed by atoms with Crippen LogP contribution in [0, 0.1) is 0 Å². The lowest BCUT2D eigenvalue weighted by Crippen LogP contribution is -2.44. The molecule has 1 aromatic rings. The first-order valence-electron chi connectivity index (χ1n) is 5.76. The van der Waals surface area contributed by atoms with Gasteiger partial charge in [-0.15, -0.1) is 0 Å². The Labute approximate surface area is 103 Å². The van der Waals surface area contributed by atoms with Crippen LogP contribution in [0.4, 0.5) is 4.39 Å². The van der Waals surface area contributed by atoms with Crippen LogP contribution in [0.5, 0.6) is 5.75 Å². The Bertz CT molecular complexity index is 571. The van der Waals surface area contributed by atoms with Gasteiger partial charge in [-0.2, -0.15) is 0 Å². The van der Waals surface area contributed by atoms with Gasteiger partial charge in [0.05, 0.1) is 12.3 Å². The molecule has 5 heteroatoms. The largest absolute Gasteiger partial charge is 0.508 e. The van der Waals surface area contributed by atoms with Gasteiger partial charge in [0.1, 0.15) is 11.5 Å². The molecule has 4 nitrogen and oxygen atoms in total. The highest BCUT2D eigenvalue weighted by atomic mass is 19.1. The number of aromatic hydroxyl groups is 1. The summed E-state index contributed by atoms with van der Waals surface area (Å²) >= 11 is 0. The third-order valence-electron chi connectivity index (χ3n) is 3.92. The summed E-state index contributed by atoms with van der Waals surface area (Å²) in [5.74, 6) is -3.51. The zero-order valence-corrected chi connectivity index (χ0v) is 9.81. The number of hydrogen-bond acceptors (Lipinski definition) is 3. The highest BCUT2D eigenvalue weighted by Crippen LogP contribution is 2.48. The molecule has 2 bridgehead atoms. The molecule has 3 rings (SSSR count). The number of phenols is 1. The van der Waals surface area contributed by atoms with Crippen molar-refractivity contribution in [3.8, 4) is 5.75 Å². The van der Waals surface area contributed by atoms with Crippen molar-refractivity contribution in [1.82, 2.24) is 4.90 Å². The molecule has 94 valence electrons. The predicted octanol–water partition coefficient (Wildman–Crippen LogP) is 1.59. The van der Waals surface area contributed by atoms with Crippen LogP contribution in [0.25, 0.3) is 0 Å². The third kappa shape index (κ3) is 1.24. The summed E-state index contributed by atoms with van der Waals surface area (Å²) in [7, 11) is 1.36. The molecular formula is C13H12FNO3. The first-order valence-corrected chi connectivity index (χ1v) is 5.76. The van der Waals surface area contributed by atoms with E-state index in [4.69, 9.17) is 0 Å². The lowest BCUT2D eigenvalue weighted by molar-refractivity contribution is -0.120. The number of carbonyl (C=O) groups is 2. The van der Waals surface area contributed by atoms with Crippen LogP contribution in [-0.4, -0.2) is 34.5 Å². The smallest absolute Gasteiger partial charge is 0.256 e. The minimum absolute atomic E-state index is 0.0708. The maximum Gasteiger partial charge on any atom is 0.256 e. The highest BCUT2D eigenvalue weighted by molar-refractivity contribution is 6.02. The number of ketones is 1. The minimum atomic E-state index is -1.93. The molecule has 0 spiro atoms. The molecular weight excluding hydrogens is 237 g/mol. The van der Waals surface area contributed by atoms with Gasteiger partial charge in [0.15, 0.2) is 5.79 Å². The average molecular weight is 249 g/mol. The molecule has 1 heterocycles. The Morgan fingerprint density at radius 1 is 1.44 bits per heavy atom. The summed E-state index contributed by atoms with van der Waals surface area (Å²) in [4.78, 5) is 25.0. The van der Waals surface area contributed by atoms with Crippen LogP contribution in [0.2, 0.25) is 0 Å². The minimum Gasteiger partial charge on any atom is -0.508 e. The zero-order chi connectivity index (χ0) is 13.1. The maximum absolute atomic E-state index is 14.6. The summed E-state index contributed by atoms with van der Waals surface area (Å²) in [5, 5.41) is 9.86. The molecule has 1 amide bonds. The van der Waals surface area contributed by atoms with Gasteiger partial charge in [-0.3, -0.25) is 9.59 Å². The molecule has 1 aliphatic carbocycles. The van der Waals surface area contributed by atoms with Gasteiger partial charge in [0, 0.05) is 24.6 Å². The van der Waals surface area contributed by atoms with Crippen molar-refractivity contribution in [2.24, 2.45) is 0 Å². The zero-order valence-electron chi connectivity index (χ0n) is 9.81. The molecule has 1 aliphatic heterocycles. The maximum atomic E-state index is 14.6. The summed E-state index contributed by atoms with van der Waals surface area (Å²) in [6.45, 7) is 0. The Morgan fingerprint density at radius 2 is 2.17 bits per heavy atom. The van der Waals surface area contributed by atoms with Crippen molar-refractivity contribution in [3.63, 3.8) is 0 Å². The predicted molar refractivity (Wildman–Crippen MR) is 61.0 cm³/mol. The van der Waals surface area contributed by atoms with E-state index >= 15 is 0 Å². The van der Waals surface area contributed by atoms with E-state index in [0.29, 0.717) is 0 Å². The number of phenolic OH excluding ortho intramolecular Hbond substituents is 1. The van der Waals surface area contributed by atoms with Crippen LogP contribution >= 0.6 is 0 Å². The van der Waals surface area contributed by atoms with E-state index in [2.05, 4.69) is 0 Å². The van der Waals surface area contributed by atoms with Crippen LogP contribution in [-0.2, 0) is 4.79 Å². The average Bonchev–Trinajstić information content (AvgIpc) is 2.59. The number of alkyl halides is 1. The summed E-state index contributed by atoms with van der Waals surface area (Å²) in [5.41, 5.74) is 0.492. The Kier molecular flexibility index (Phi) is 2.06. The number of rotatable bonds is 0. The molecule has 2 unspecified atom stereocenters. The van der Waals surface area contributed by atoms with Crippen molar-refractivity contribution in [2.45, 2.75) is 24.6 Å². The van der Waals surface area contributed by atoms with E-state index in [1.165, 1.54) is 25.2 Å². The first kappa shape index (κ1) is 11.2. The molecule has 0 radical (unpaired) electrons. The van der Waals surface area contributed by atoms with Crippen LogP contribution < -0.4 is 0 Å². The molecule has 2 atom stereocenters. The second-order valence-electron chi connectivity index (χ2n) is 4.92. The van der Waals surface area contributed by atoms with Crippen molar-refractivity contribution in [1.29, 1.82) is 0 Å². The lowest BCUT2D eigenvalue weighted by atomic mass is 9.91. The van der Waals surface area contributed by atoms with Crippen molar-refractivity contribution >= 4 is 11.7 Å². The van der Waals surface area contributed by atoms with Crippen LogP contribution in [0.1, 0.15) is 34.7 Å². The highest BCUT2D eigenvalue weighted by Gasteiger charge is 2.54. The van der Waals surface area contributed by atoms with Crippen LogP contribution in [0.15, 0.2) is 18.2 Å². The molecule has 0 saturated heterocycles. The molecule has 1 saturated carbocycles. The number of hydrogen-bond donors (Lipinski definition) is 1. The second kappa shape index (κ2) is 3.31. The number of amides is 1. The molecule has 18 heavy (non-hydrogen) atoms. The molecule has 0 aromatic heterocycles. The van der Waals surface area contributed by atoms with Crippen LogP contribution in [0.3, 0.4) is 0 Å². The van der Waals surface area contributed by atoms with Gasteiger partial charge >= 0.3 is 0 Å². The Hall–Kier alpha value is -1.91. The fourth-order valence-corrected chi connectivity index (χ4v) is 2.88. The third-order valence-corrected chi connectivity index (χ3v) is 3.92. The van der Waals surface area contributed by atoms with Crippen molar-refractivity contribution < 1.29 is 19.1 Å². The fourth-order valence-electron chi connectivity index (χ4n) is 2.88. The SMILES string of the molecule is CN1C(=O)c2cccc(O)c2C2CC1(F)CC2=O. The topological polar surface area (TPSA) is 57.6 Å². The second-order valence-corrected chi connectivity index (χ2v) is 4.92. The summed E-state index contributed by atoms with van der Waals surface area (Å²) in [6.07, 6.45) is -0.369. The quantitative estimate of drug-likeness (QED) is 0.710. The van der Waals surface area contributed by atoms with Gasteiger partial charge in [-0.1, -0.05) is 6.07 Å². The Morgan fingerprint density at radius 3 is 2.89 bits per heavy atom. The first-order chi connectivity index (χ1) is 8.44. The number of Topliss-reactive ketones (excluding diaryl/α,β-unsaturated/α-hetero) is 1. The number of fused-ring (bicyclic) bond motifs is 4. The lowest BCUT2D eigenvalue weighted by Gasteiger charge is -2.29. The van der Waals surface area contributed by atoms with Crippen molar-refractivity contribution in [3.05, 3.63) is 29.3 Å². The molecule has 2 aliphatic rings. The number of nitrogens with zero attached hydrogens (tertiary/aromatic N) is 1. The fraction of sp³-hybridized carbons (Fsp3) is 0.385. The van der Waals surface area contributed by atoms with E-state index in [9.17, 15) is 19.1 Å². The van der Waals surface area contributed by atoms with Gasteiger partial charge in [-0.25, -0.2) is 4.39 Å². The standard InChI is InChI=1S/C13H12FNO3/c1-15-12(18)7-3-2-4-9(16)11(7)8-5-13(15,14)6-10(8)17/h2-4,8,16H,5-6H2,1H3. The van der Waals surface area contributed by atoms with Gasteiger partial charge in [0.2, 0.25) is 0 Å². The van der Waals surface area contributed by atoms with E-state index in [-0.39, 0.29) is 35.5 Å². The monoisotopic (exact) mass is 249 g/mol. The van der Waals surface area contributed by atoms with E-state index in [1.54, 1.807) is 0 Å². The van der Waals surface area contributed by atoms with E-state index in [1.807, 2.05) is 0 Å². The van der Waals surface area contributed by atoms with Gasteiger partial charge < -0.3 is 10.0 Å². The number of benzene rings is 1. The normalized spacial score (nSPS) is 30.3. The van der Waals surface area contributed by atoms with E-state index < -0.39 is 17.6 Å². The summed E-state index contributed by atoms with van der Waals surface area (Å²) in [6, 6.07) is 4.46. The molecule has 1 fully saturated rings. The van der Waals surface area contributed by atoms with E-state index in [0.717, 1.165) is 4.90 Å².